The second-order valence-electron chi connectivity index (χ2n) is 8.66. The van der Waals surface area contributed by atoms with Crippen molar-refractivity contribution in [3.63, 3.8) is 0 Å². The Morgan fingerprint density at radius 1 is 1.12 bits per heavy atom. The number of ether oxygens (including phenoxy) is 1. The summed E-state index contributed by atoms with van der Waals surface area (Å²) < 4.78 is 9.16. The lowest BCUT2D eigenvalue weighted by Crippen LogP contribution is -2.34. The zero-order valence-corrected chi connectivity index (χ0v) is 19.3. The first-order chi connectivity index (χ1) is 16.7. The summed E-state index contributed by atoms with van der Waals surface area (Å²) in [6.45, 7) is 3.34. The minimum Gasteiger partial charge on any atom is -0.381 e. The predicted molar refractivity (Wildman–Crippen MR) is 130 cm³/mol. The molecule has 1 fully saturated rings. The van der Waals surface area contributed by atoms with E-state index in [-0.39, 0.29) is 11.6 Å². The van der Waals surface area contributed by atoms with Gasteiger partial charge < -0.3 is 4.74 Å². The van der Waals surface area contributed by atoms with Gasteiger partial charge in [0.05, 0.1) is 11.3 Å². The molecule has 1 aliphatic rings. The van der Waals surface area contributed by atoms with Crippen LogP contribution in [-0.4, -0.2) is 32.4 Å². The van der Waals surface area contributed by atoms with E-state index in [9.17, 15) is 10.1 Å². The number of rotatable bonds is 6. The van der Waals surface area contributed by atoms with Crippen LogP contribution in [0.25, 0.3) is 16.9 Å². The van der Waals surface area contributed by atoms with Crippen molar-refractivity contribution in [3.05, 3.63) is 87.6 Å². The largest absolute Gasteiger partial charge is 0.381 e. The maximum absolute atomic E-state index is 14.0. The molecule has 0 spiro atoms. The fourth-order valence-corrected chi connectivity index (χ4v) is 4.95. The number of hydrogen-bond donors (Lipinski definition) is 0. The molecule has 1 aliphatic heterocycles. The van der Waals surface area contributed by atoms with E-state index in [1.807, 2.05) is 53.0 Å². The van der Waals surface area contributed by atoms with Gasteiger partial charge in [0.2, 0.25) is 5.78 Å². The summed E-state index contributed by atoms with van der Waals surface area (Å²) in [5.41, 5.74) is 4.84. The average molecular weight is 454 g/mol. The van der Waals surface area contributed by atoms with Crippen LogP contribution >= 0.6 is 0 Å². The van der Waals surface area contributed by atoms with Crippen LogP contribution in [0.2, 0.25) is 0 Å². The molecule has 0 bridgehead atoms. The molecule has 5 rings (SSSR count). The Hall–Kier alpha value is -3.76. The summed E-state index contributed by atoms with van der Waals surface area (Å²) in [4.78, 5) is 18.4. The number of aryl methyl sites for hydroxylation is 1. The predicted octanol–water partition coefficient (Wildman–Crippen LogP) is 4.32. The van der Waals surface area contributed by atoms with E-state index in [2.05, 4.69) is 23.1 Å². The summed E-state index contributed by atoms with van der Waals surface area (Å²) >= 11 is 0. The Kier molecular flexibility index (Phi) is 6.24. The normalized spacial score (nSPS) is 14.4. The van der Waals surface area contributed by atoms with Gasteiger partial charge in [-0.25, -0.2) is 4.52 Å². The lowest BCUT2D eigenvalue weighted by Gasteiger charge is -2.26. The van der Waals surface area contributed by atoms with E-state index in [1.165, 1.54) is 6.33 Å². The van der Waals surface area contributed by atoms with Crippen LogP contribution in [0.4, 0.5) is 0 Å². The Balaban J connectivity index is 1.69. The topological polar surface area (TPSA) is 85.2 Å². The molecule has 0 saturated carbocycles. The van der Waals surface area contributed by atoms with Gasteiger partial charge >= 0.3 is 0 Å². The molecule has 4 aromatic rings. The van der Waals surface area contributed by atoms with E-state index < -0.39 is 0 Å². The van der Waals surface area contributed by atoms with Crippen LogP contribution in [0.3, 0.4) is 0 Å². The molecule has 0 aliphatic carbocycles. The molecule has 1 saturated heterocycles. The fourth-order valence-electron chi connectivity index (χ4n) is 4.95. The Bertz CT molecular complexity index is 1410. The number of fused-ring (bicyclic) bond motifs is 1. The highest BCUT2D eigenvalue weighted by Gasteiger charge is 2.25. The molecule has 2 aromatic heterocycles. The molecule has 34 heavy (non-hydrogen) atoms. The van der Waals surface area contributed by atoms with E-state index in [0.29, 0.717) is 43.0 Å². The van der Waals surface area contributed by atoms with Gasteiger partial charge in [0.15, 0.2) is 0 Å². The summed E-state index contributed by atoms with van der Waals surface area (Å²) in [5.74, 6) is 0.586. The number of benzene rings is 2. The van der Waals surface area contributed by atoms with Crippen molar-refractivity contribution < 1.29 is 4.74 Å². The summed E-state index contributed by atoms with van der Waals surface area (Å²) in [6.07, 6.45) is 5.00. The number of nitrogens with zero attached hydrogens (tertiary/aromatic N) is 5. The van der Waals surface area contributed by atoms with Gasteiger partial charge in [0, 0.05) is 31.2 Å². The van der Waals surface area contributed by atoms with Crippen molar-refractivity contribution in [2.75, 3.05) is 13.2 Å². The molecule has 0 radical (unpaired) electrons. The number of nitriles is 1. The molecule has 3 heterocycles. The number of hydrogen-bond acceptors (Lipinski definition) is 5. The highest BCUT2D eigenvalue weighted by atomic mass is 16.5. The summed E-state index contributed by atoms with van der Waals surface area (Å²) in [6, 6.07) is 18.2. The van der Waals surface area contributed by atoms with E-state index in [4.69, 9.17) is 4.74 Å². The van der Waals surface area contributed by atoms with Crippen LogP contribution in [0.1, 0.15) is 54.6 Å². The van der Waals surface area contributed by atoms with Gasteiger partial charge in [0.25, 0.3) is 5.56 Å². The quantitative estimate of drug-likeness (QED) is 0.434. The minimum atomic E-state index is -0.0372. The van der Waals surface area contributed by atoms with E-state index >= 15 is 0 Å². The van der Waals surface area contributed by atoms with Crippen molar-refractivity contribution >= 4 is 5.78 Å². The SMILES string of the molecule is CCCc1c(Cc2cccc(-c3ccccc3)c2C#N)c(=O)n(C2CCOCC2)c2ncnn12. The molecule has 0 atom stereocenters. The van der Waals surface area contributed by atoms with Crippen molar-refractivity contribution in [2.24, 2.45) is 0 Å². The third-order valence-corrected chi connectivity index (χ3v) is 6.58. The highest BCUT2D eigenvalue weighted by molar-refractivity contribution is 5.72. The molecular formula is C27H27N5O2. The molecule has 0 amide bonds. The molecule has 172 valence electrons. The van der Waals surface area contributed by atoms with Crippen molar-refractivity contribution in [2.45, 2.75) is 45.1 Å². The first kappa shape index (κ1) is 22.1. The van der Waals surface area contributed by atoms with Crippen molar-refractivity contribution in [3.8, 4) is 17.2 Å². The van der Waals surface area contributed by atoms with Crippen LogP contribution in [0.15, 0.2) is 59.7 Å². The molecular weight excluding hydrogens is 426 g/mol. The molecule has 2 aromatic carbocycles. The van der Waals surface area contributed by atoms with Crippen LogP contribution in [0.5, 0.6) is 0 Å². The number of aromatic nitrogens is 4. The summed E-state index contributed by atoms with van der Waals surface area (Å²) in [7, 11) is 0. The average Bonchev–Trinajstić information content (AvgIpc) is 3.36. The van der Waals surface area contributed by atoms with Gasteiger partial charge in [-0.3, -0.25) is 9.36 Å². The first-order valence-electron chi connectivity index (χ1n) is 11.8. The first-order valence-corrected chi connectivity index (χ1v) is 11.8. The zero-order chi connectivity index (χ0) is 23.5. The maximum atomic E-state index is 14.0. The van der Waals surface area contributed by atoms with Crippen molar-refractivity contribution in [1.29, 1.82) is 5.26 Å². The Labute approximate surface area is 198 Å². The van der Waals surface area contributed by atoms with Gasteiger partial charge in [-0.05, 0) is 36.0 Å². The Morgan fingerprint density at radius 3 is 2.65 bits per heavy atom. The van der Waals surface area contributed by atoms with Gasteiger partial charge in [0.1, 0.15) is 12.4 Å². The summed E-state index contributed by atoms with van der Waals surface area (Å²) in [5, 5.41) is 14.6. The third kappa shape index (κ3) is 3.91. The lowest BCUT2D eigenvalue weighted by molar-refractivity contribution is 0.0693. The second-order valence-corrected chi connectivity index (χ2v) is 8.66. The lowest BCUT2D eigenvalue weighted by atomic mass is 9.92. The minimum absolute atomic E-state index is 0.0217. The Morgan fingerprint density at radius 2 is 1.91 bits per heavy atom. The van der Waals surface area contributed by atoms with Gasteiger partial charge in [-0.15, -0.1) is 0 Å². The standard InChI is InChI=1S/C27H27N5O2/c1-2-7-25-23(16-20-10-6-11-22(24(20)17-28)19-8-4-3-5-9-19)26(33)31(21-12-14-34-15-13-21)27-29-18-30-32(25)27/h3-6,8-11,18,21H,2,7,12-16H2,1H3. The second kappa shape index (κ2) is 9.62. The monoisotopic (exact) mass is 453 g/mol. The third-order valence-electron chi connectivity index (χ3n) is 6.58. The molecule has 0 unspecified atom stereocenters. The van der Waals surface area contributed by atoms with Crippen LogP contribution < -0.4 is 5.56 Å². The van der Waals surface area contributed by atoms with E-state index in [1.54, 1.807) is 4.57 Å². The highest BCUT2D eigenvalue weighted by Crippen LogP contribution is 2.28. The van der Waals surface area contributed by atoms with E-state index in [0.717, 1.165) is 41.6 Å². The zero-order valence-electron chi connectivity index (χ0n) is 19.3. The van der Waals surface area contributed by atoms with Crippen LogP contribution in [0, 0.1) is 11.3 Å². The van der Waals surface area contributed by atoms with Gasteiger partial charge in [-0.1, -0.05) is 61.9 Å². The van der Waals surface area contributed by atoms with Crippen molar-refractivity contribution in [1.82, 2.24) is 19.2 Å². The molecule has 7 heteroatoms. The maximum Gasteiger partial charge on any atom is 0.259 e. The smallest absolute Gasteiger partial charge is 0.259 e. The van der Waals surface area contributed by atoms with Crippen LogP contribution in [-0.2, 0) is 17.6 Å². The molecule has 7 nitrogen and oxygen atoms in total. The fraction of sp³-hybridized carbons (Fsp3) is 0.333. The molecule has 0 N–H and O–H groups in total. The van der Waals surface area contributed by atoms with Gasteiger partial charge in [-0.2, -0.15) is 15.3 Å².